The molecule has 2 atom stereocenters. The highest BCUT2D eigenvalue weighted by Crippen LogP contribution is 2.33. The normalized spacial score (nSPS) is 14.1. The van der Waals surface area contributed by atoms with Gasteiger partial charge in [-0.3, -0.25) is 9.59 Å². The zero-order valence-electron chi connectivity index (χ0n) is 24.5. The molecule has 0 aliphatic carbocycles. The largest absolute Gasteiger partial charge is 0.444 e. The predicted molar refractivity (Wildman–Crippen MR) is 146 cm³/mol. The molecule has 1 aromatic rings. The van der Waals surface area contributed by atoms with Gasteiger partial charge in [0.25, 0.3) is 0 Å². The molecule has 0 aliphatic heterocycles. The fraction of sp³-hybridized carbons (Fsp3) is 0.690. The van der Waals surface area contributed by atoms with Gasteiger partial charge in [0.1, 0.15) is 17.7 Å². The minimum atomic E-state index is -0.873. The first-order valence-corrected chi connectivity index (χ1v) is 13.0. The molecule has 7 nitrogen and oxygen atoms in total. The van der Waals surface area contributed by atoms with Crippen molar-refractivity contribution in [1.29, 1.82) is 0 Å². The predicted octanol–water partition coefficient (Wildman–Crippen LogP) is 5.91. The lowest BCUT2D eigenvalue weighted by atomic mass is 9.90. The van der Waals surface area contributed by atoms with Crippen LogP contribution in [0.5, 0.6) is 0 Å². The second-order valence-electron chi connectivity index (χ2n) is 12.8. The Bertz CT molecular complexity index is 910. The van der Waals surface area contributed by atoms with Gasteiger partial charge in [-0.2, -0.15) is 0 Å². The molecule has 0 spiro atoms. The quantitative estimate of drug-likeness (QED) is 0.439. The number of ether oxygens (including phenoxy) is 1. The summed E-state index contributed by atoms with van der Waals surface area (Å²) in [7, 11) is 0. The van der Waals surface area contributed by atoms with Crippen molar-refractivity contribution in [3.8, 4) is 0 Å². The number of amides is 3. The van der Waals surface area contributed by atoms with E-state index in [1.54, 1.807) is 25.7 Å². The van der Waals surface area contributed by atoms with Gasteiger partial charge in [-0.15, -0.1) is 0 Å². The van der Waals surface area contributed by atoms with Crippen LogP contribution in [0, 0.1) is 12.8 Å². The fourth-order valence-electron chi connectivity index (χ4n) is 3.95. The molecule has 2 unspecified atom stereocenters. The Labute approximate surface area is 218 Å². The Balaban J connectivity index is 3.67. The second kappa shape index (κ2) is 12.1. The van der Waals surface area contributed by atoms with Crippen LogP contribution >= 0.6 is 0 Å². The molecule has 0 bridgehead atoms. The zero-order chi connectivity index (χ0) is 28.1. The summed E-state index contributed by atoms with van der Waals surface area (Å²) in [5.74, 6) is -0.443. The number of nitrogens with one attached hydrogen (secondary N) is 2. The van der Waals surface area contributed by atoms with Crippen molar-refractivity contribution < 1.29 is 19.1 Å². The molecule has 0 saturated heterocycles. The Morgan fingerprint density at radius 3 is 2.03 bits per heavy atom. The second-order valence-corrected chi connectivity index (χ2v) is 12.8. The van der Waals surface area contributed by atoms with Crippen molar-refractivity contribution in [2.45, 2.75) is 125 Å². The molecule has 2 N–H and O–H groups in total. The van der Waals surface area contributed by atoms with Gasteiger partial charge in [0.2, 0.25) is 11.8 Å². The molecule has 1 rings (SSSR count). The smallest absolute Gasteiger partial charge is 0.408 e. The average molecular weight is 504 g/mol. The Morgan fingerprint density at radius 1 is 1.00 bits per heavy atom. The van der Waals surface area contributed by atoms with Gasteiger partial charge in [-0.1, -0.05) is 50.6 Å². The van der Waals surface area contributed by atoms with Gasteiger partial charge in [0.15, 0.2) is 0 Å². The number of benzene rings is 1. The summed E-state index contributed by atoms with van der Waals surface area (Å²) in [6.07, 6.45) is 0.377. The van der Waals surface area contributed by atoms with Gasteiger partial charge in [-0.05, 0) is 86.6 Å². The Morgan fingerprint density at radius 2 is 1.58 bits per heavy atom. The number of hydrogen-bond acceptors (Lipinski definition) is 4. The van der Waals surface area contributed by atoms with Crippen molar-refractivity contribution >= 4 is 17.9 Å². The van der Waals surface area contributed by atoms with Gasteiger partial charge in [0, 0.05) is 11.1 Å². The first-order chi connectivity index (χ1) is 16.3. The third-order valence-corrected chi connectivity index (χ3v) is 5.81. The summed E-state index contributed by atoms with van der Waals surface area (Å²) in [6.45, 7) is 23.0. The van der Waals surface area contributed by atoms with Gasteiger partial charge in [-0.25, -0.2) is 4.79 Å². The third kappa shape index (κ3) is 9.82. The van der Waals surface area contributed by atoms with E-state index in [1.807, 2.05) is 86.6 Å². The van der Waals surface area contributed by atoms with Crippen molar-refractivity contribution in [2.24, 2.45) is 5.92 Å². The van der Waals surface area contributed by atoms with Gasteiger partial charge >= 0.3 is 6.09 Å². The van der Waals surface area contributed by atoms with E-state index < -0.39 is 34.9 Å². The zero-order valence-corrected chi connectivity index (χ0v) is 24.5. The van der Waals surface area contributed by atoms with E-state index in [-0.39, 0.29) is 17.7 Å². The third-order valence-electron chi connectivity index (χ3n) is 5.81. The SMILES string of the molecule is CCC(C)(C)N(C(=O)C(CC(C)C)NC(=O)OC(C)(C)C)C(C(=O)NC(C)(C)C)c1cccc(C)c1. The number of alkyl carbamates (subject to hydrolysis) is 1. The lowest BCUT2D eigenvalue weighted by Crippen LogP contribution is -2.60. The van der Waals surface area contributed by atoms with E-state index in [4.69, 9.17) is 4.74 Å². The van der Waals surface area contributed by atoms with E-state index in [0.717, 1.165) is 11.1 Å². The van der Waals surface area contributed by atoms with E-state index in [9.17, 15) is 14.4 Å². The molecule has 204 valence electrons. The van der Waals surface area contributed by atoms with Crippen LogP contribution in [-0.2, 0) is 14.3 Å². The van der Waals surface area contributed by atoms with E-state index >= 15 is 0 Å². The highest BCUT2D eigenvalue weighted by molar-refractivity contribution is 5.93. The maximum absolute atomic E-state index is 14.3. The molecule has 0 saturated carbocycles. The summed E-state index contributed by atoms with van der Waals surface area (Å²) in [4.78, 5) is 42.5. The minimum Gasteiger partial charge on any atom is -0.444 e. The fourth-order valence-corrected chi connectivity index (χ4v) is 3.95. The number of carbonyl (C=O) groups is 3. The van der Waals surface area contributed by atoms with Crippen molar-refractivity contribution in [3.05, 3.63) is 35.4 Å². The standard InChI is InChI=1S/C29H49N3O4/c1-13-29(11,12)32(25(34)22(17-19(2)3)30-26(35)36-28(8,9)10)23(24(33)31-27(5,6)7)21-16-14-15-20(4)18-21/h14-16,18-19,22-23H,13,17H2,1-12H3,(H,30,35)(H,31,33). The van der Waals surface area contributed by atoms with Crippen LogP contribution in [0.15, 0.2) is 24.3 Å². The monoisotopic (exact) mass is 503 g/mol. The number of aryl methyl sites for hydroxylation is 1. The minimum absolute atomic E-state index is 0.126. The van der Waals surface area contributed by atoms with Crippen LogP contribution in [0.2, 0.25) is 0 Å². The summed E-state index contributed by atoms with van der Waals surface area (Å²) in [5, 5.41) is 5.88. The molecule has 1 aromatic carbocycles. The first-order valence-electron chi connectivity index (χ1n) is 13.0. The summed E-state index contributed by atoms with van der Waals surface area (Å²) < 4.78 is 5.47. The number of rotatable bonds is 9. The molecule has 0 aromatic heterocycles. The van der Waals surface area contributed by atoms with Crippen molar-refractivity contribution in [2.75, 3.05) is 0 Å². The van der Waals surface area contributed by atoms with Crippen molar-refractivity contribution in [1.82, 2.24) is 15.5 Å². The van der Waals surface area contributed by atoms with Crippen LogP contribution in [0.25, 0.3) is 0 Å². The van der Waals surface area contributed by atoms with E-state index in [2.05, 4.69) is 10.6 Å². The molecule has 3 amide bonds. The van der Waals surface area contributed by atoms with Crippen LogP contribution in [0.4, 0.5) is 4.79 Å². The van der Waals surface area contributed by atoms with E-state index in [1.165, 1.54) is 0 Å². The summed E-state index contributed by atoms with van der Waals surface area (Å²) >= 11 is 0. The topological polar surface area (TPSA) is 87.7 Å². The van der Waals surface area contributed by atoms with Gasteiger partial charge < -0.3 is 20.3 Å². The molecule has 0 aliphatic rings. The van der Waals surface area contributed by atoms with Crippen LogP contribution < -0.4 is 10.6 Å². The summed E-state index contributed by atoms with van der Waals surface area (Å²) in [6, 6.07) is 5.96. The molecule has 36 heavy (non-hydrogen) atoms. The number of hydrogen-bond donors (Lipinski definition) is 2. The summed E-state index contributed by atoms with van der Waals surface area (Å²) in [5.41, 5.74) is -0.142. The molecule has 0 radical (unpaired) electrons. The van der Waals surface area contributed by atoms with Crippen molar-refractivity contribution in [3.63, 3.8) is 0 Å². The molecule has 7 heteroatoms. The molecule has 0 heterocycles. The maximum atomic E-state index is 14.3. The Hall–Kier alpha value is -2.57. The highest BCUT2D eigenvalue weighted by atomic mass is 16.6. The lowest BCUT2D eigenvalue weighted by Gasteiger charge is -2.45. The van der Waals surface area contributed by atoms with Crippen LogP contribution in [0.3, 0.4) is 0 Å². The lowest BCUT2D eigenvalue weighted by molar-refractivity contribution is -0.150. The number of carbonyl (C=O) groups excluding carboxylic acids is 3. The molecule has 0 fully saturated rings. The van der Waals surface area contributed by atoms with Crippen LogP contribution in [0.1, 0.15) is 106 Å². The van der Waals surface area contributed by atoms with Crippen LogP contribution in [-0.4, -0.2) is 45.5 Å². The molecular formula is C29H49N3O4. The number of nitrogens with zero attached hydrogens (tertiary/aromatic N) is 1. The molecular weight excluding hydrogens is 454 g/mol. The Kier molecular flexibility index (Phi) is 10.6. The highest BCUT2D eigenvalue weighted by Gasteiger charge is 2.43. The van der Waals surface area contributed by atoms with Gasteiger partial charge in [0.05, 0.1) is 0 Å². The first kappa shape index (κ1) is 31.5. The van der Waals surface area contributed by atoms with E-state index in [0.29, 0.717) is 12.8 Å². The maximum Gasteiger partial charge on any atom is 0.408 e. The average Bonchev–Trinajstić information content (AvgIpc) is 2.67.